The summed E-state index contributed by atoms with van der Waals surface area (Å²) in [6, 6.07) is 6.36. The van der Waals surface area contributed by atoms with Gasteiger partial charge in [0, 0.05) is 0 Å². The van der Waals surface area contributed by atoms with Crippen molar-refractivity contribution in [2.24, 2.45) is 5.73 Å². The maximum Gasteiger partial charge on any atom is 0.416 e. The van der Waals surface area contributed by atoms with Gasteiger partial charge in [0.25, 0.3) is 0 Å². The van der Waals surface area contributed by atoms with Crippen LogP contribution in [0.2, 0.25) is 0 Å². The average Bonchev–Trinajstić information content (AvgIpc) is 2.18. The Kier molecular flexibility index (Phi) is 5.42. The van der Waals surface area contributed by atoms with Crippen molar-refractivity contribution in [2.45, 2.75) is 6.18 Å². The fraction of sp³-hybridized carbons (Fsp3) is 0.200. The summed E-state index contributed by atoms with van der Waals surface area (Å²) in [4.78, 5) is 0. The van der Waals surface area contributed by atoms with Gasteiger partial charge in [-0.05, 0) is 0 Å². The lowest BCUT2D eigenvalue weighted by Crippen LogP contribution is -2.03. The maximum atomic E-state index is 11.8. The molecule has 0 saturated heterocycles. The van der Waals surface area contributed by atoms with Gasteiger partial charge < -0.3 is 5.73 Å². The fourth-order valence-electron chi connectivity index (χ4n) is 0.627. The molecule has 1 nitrogen and oxygen atoms in total. The topological polar surface area (TPSA) is 26.0 Å². The molecule has 1 aromatic carbocycles. The van der Waals surface area contributed by atoms with E-state index in [0.29, 0.717) is 6.54 Å². The van der Waals surface area contributed by atoms with E-state index in [1.807, 2.05) is 0 Å². The van der Waals surface area contributed by atoms with E-state index in [1.165, 1.54) is 12.1 Å². The molecule has 0 aromatic heterocycles. The molecule has 0 aliphatic heterocycles. The average molecular weight is 201 g/mol. The van der Waals surface area contributed by atoms with E-state index in [-0.39, 0.29) is 0 Å². The van der Waals surface area contributed by atoms with E-state index in [9.17, 15) is 13.2 Å². The maximum absolute atomic E-state index is 11.8. The molecule has 0 aliphatic carbocycles. The minimum atomic E-state index is -4.21. The van der Waals surface area contributed by atoms with Crippen LogP contribution in [0.25, 0.3) is 0 Å². The van der Waals surface area contributed by atoms with Crippen molar-refractivity contribution >= 4 is 0 Å². The van der Waals surface area contributed by atoms with Crippen molar-refractivity contribution in [3.8, 4) is 12.3 Å². The number of benzene rings is 1. The van der Waals surface area contributed by atoms with E-state index in [2.05, 4.69) is 12.3 Å². The van der Waals surface area contributed by atoms with Crippen molar-refractivity contribution in [2.75, 3.05) is 6.54 Å². The first kappa shape index (κ1) is 12.5. The number of nitrogens with two attached hydrogens (primary N) is 1. The Hall–Kier alpha value is -1.47. The van der Waals surface area contributed by atoms with E-state index >= 15 is 0 Å². The number of terminal acetylenes is 1. The summed E-state index contributed by atoms with van der Waals surface area (Å²) in [6.07, 6.45) is 0.446. The Labute approximate surface area is 80.7 Å². The Morgan fingerprint density at radius 2 is 1.64 bits per heavy atom. The van der Waals surface area contributed by atoms with E-state index < -0.39 is 11.7 Å². The predicted molar refractivity (Wildman–Crippen MR) is 49.3 cm³/mol. The second-order valence-corrected chi connectivity index (χ2v) is 2.27. The Morgan fingerprint density at radius 1 is 1.21 bits per heavy atom. The number of hydrogen-bond acceptors (Lipinski definition) is 1. The van der Waals surface area contributed by atoms with Crippen molar-refractivity contribution < 1.29 is 13.2 Å². The highest BCUT2D eigenvalue weighted by Crippen LogP contribution is 2.28. The molecule has 0 amide bonds. The fourth-order valence-corrected chi connectivity index (χ4v) is 0.627. The minimum Gasteiger partial charge on any atom is -0.320 e. The van der Waals surface area contributed by atoms with Gasteiger partial charge in [0.15, 0.2) is 0 Å². The summed E-state index contributed by atoms with van der Waals surface area (Å²) in [5.74, 6) is 2.21. The SMILES string of the molecule is C#CCN.FC(F)(F)c1ccccc1. The first-order chi connectivity index (χ1) is 6.52. The van der Waals surface area contributed by atoms with Gasteiger partial charge in [-0.25, -0.2) is 0 Å². The Morgan fingerprint density at radius 3 is 1.86 bits per heavy atom. The van der Waals surface area contributed by atoms with Gasteiger partial charge in [0.1, 0.15) is 0 Å². The predicted octanol–water partition coefficient (Wildman–Crippen LogP) is 2.28. The van der Waals surface area contributed by atoms with Gasteiger partial charge in [-0.15, -0.1) is 6.42 Å². The third-order valence-corrected chi connectivity index (χ3v) is 1.22. The molecule has 0 radical (unpaired) electrons. The first-order valence-corrected chi connectivity index (χ1v) is 3.78. The first-order valence-electron chi connectivity index (χ1n) is 3.78. The Balaban J connectivity index is 0.000000364. The van der Waals surface area contributed by atoms with Gasteiger partial charge in [-0.1, -0.05) is 36.3 Å². The molecular formula is C10H10F3N. The summed E-state index contributed by atoms with van der Waals surface area (Å²) in [6.45, 7) is 0.347. The molecule has 4 heteroatoms. The van der Waals surface area contributed by atoms with Crippen LogP contribution in [0.4, 0.5) is 13.2 Å². The quantitative estimate of drug-likeness (QED) is 0.640. The zero-order valence-electron chi connectivity index (χ0n) is 7.38. The molecule has 2 N–H and O–H groups in total. The molecule has 1 rings (SSSR count). The minimum absolute atomic E-state index is 0.347. The van der Waals surface area contributed by atoms with Crippen molar-refractivity contribution in [3.63, 3.8) is 0 Å². The Bertz CT molecular complexity index is 284. The van der Waals surface area contributed by atoms with Crippen LogP contribution in [0.3, 0.4) is 0 Å². The number of hydrogen-bond donors (Lipinski definition) is 1. The zero-order chi connectivity index (χ0) is 11.0. The molecule has 0 atom stereocenters. The molecule has 14 heavy (non-hydrogen) atoms. The highest BCUT2D eigenvalue weighted by molar-refractivity contribution is 5.17. The molecule has 76 valence electrons. The lowest BCUT2D eigenvalue weighted by molar-refractivity contribution is -0.137. The van der Waals surface area contributed by atoms with Crippen LogP contribution >= 0.6 is 0 Å². The van der Waals surface area contributed by atoms with Gasteiger partial charge >= 0.3 is 6.18 Å². The molecule has 1 aromatic rings. The number of halogens is 3. The van der Waals surface area contributed by atoms with Crippen LogP contribution in [0.1, 0.15) is 5.56 Å². The van der Waals surface area contributed by atoms with Crippen molar-refractivity contribution in [1.29, 1.82) is 0 Å². The molecule has 0 spiro atoms. The molecule has 0 fully saturated rings. The van der Waals surface area contributed by atoms with E-state index in [1.54, 1.807) is 6.07 Å². The van der Waals surface area contributed by atoms with Crippen LogP contribution < -0.4 is 5.73 Å². The van der Waals surface area contributed by atoms with Crippen LogP contribution in [-0.4, -0.2) is 6.54 Å². The van der Waals surface area contributed by atoms with Gasteiger partial charge in [0.05, 0.1) is 12.1 Å². The highest BCUT2D eigenvalue weighted by Gasteiger charge is 2.29. The molecule has 0 heterocycles. The molecule has 0 aliphatic rings. The van der Waals surface area contributed by atoms with Crippen LogP contribution in [0, 0.1) is 12.3 Å². The van der Waals surface area contributed by atoms with Crippen LogP contribution in [0.15, 0.2) is 30.3 Å². The molecule has 0 unspecified atom stereocenters. The monoisotopic (exact) mass is 201 g/mol. The normalized spacial score (nSPS) is 9.64. The second kappa shape index (κ2) is 6.06. The van der Waals surface area contributed by atoms with E-state index in [0.717, 1.165) is 12.1 Å². The van der Waals surface area contributed by atoms with Crippen LogP contribution in [0.5, 0.6) is 0 Å². The van der Waals surface area contributed by atoms with Gasteiger partial charge in [-0.3, -0.25) is 0 Å². The van der Waals surface area contributed by atoms with Gasteiger partial charge in [-0.2, -0.15) is 13.2 Å². The van der Waals surface area contributed by atoms with E-state index in [4.69, 9.17) is 5.73 Å². The van der Waals surface area contributed by atoms with Gasteiger partial charge in [0.2, 0.25) is 0 Å². The van der Waals surface area contributed by atoms with Crippen LogP contribution in [-0.2, 0) is 6.18 Å². The van der Waals surface area contributed by atoms with Crippen molar-refractivity contribution in [1.82, 2.24) is 0 Å². The summed E-state index contributed by atoms with van der Waals surface area (Å²) in [7, 11) is 0. The molecule has 0 saturated carbocycles. The third-order valence-electron chi connectivity index (χ3n) is 1.22. The zero-order valence-corrected chi connectivity index (χ0v) is 7.38. The smallest absolute Gasteiger partial charge is 0.320 e. The second-order valence-electron chi connectivity index (χ2n) is 2.27. The van der Waals surface area contributed by atoms with Crippen molar-refractivity contribution in [3.05, 3.63) is 35.9 Å². The molecule has 0 bridgehead atoms. The highest BCUT2D eigenvalue weighted by atomic mass is 19.4. The third kappa shape index (κ3) is 5.22. The molecular weight excluding hydrogens is 191 g/mol. The summed E-state index contributed by atoms with van der Waals surface area (Å²) >= 11 is 0. The number of rotatable bonds is 0. The lowest BCUT2D eigenvalue weighted by Gasteiger charge is -2.03. The lowest BCUT2D eigenvalue weighted by atomic mass is 10.2. The standard InChI is InChI=1S/C7H5F3.C3H5N/c8-7(9,10)6-4-2-1-3-5-6;1-2-3-4/h1-5H;1H,3-4H2. The number of alkyl halides is 3. The summed E-state index contributed by atoms with van der Waals surface area (Å²) in [5.41, 5.74) is 4.19. The summed E-state index contributed by atoms with van der Waals surface area (Å²) < 4.78 is 35.4. The summed E-state index contributed by atoms with van der Waals surface area (Å²) in [5, 5.41) is 0. The largest absolute Gasteiger partial charge is 0.416 e.